The summed E-state index contributed by atoms with van der Waals surface area (Å²) in [4.78, 5) is 4.17. The highest BCUT2D eigenvalue weighted by molar-refractivity contribution is 6.30. The van der Waals surface area contributed by atoms with Crippen molar-refractivity contribution in [2.75, 3.05) is 0 Å². The van der Waals surface area contributed by atoms with Crippen molar-refractivity contribution in [1.82, 2.24) is 4.98 Å². The Kier molecular flexibility index (Phi) is 3.54. The van der Waals surface area contributed by atoms with Crippen molar-refractivity contribution in [3.8, 4) is 0 Å². The second kappa shape index (κ2) is 5.10. The number of aromatic nitrogens is 1. The molecule has 3 heteroatoms. The van der Waals surface area contributed by atoms with Crippen molar-refractivity contribution in [1.29, 1.82) is 0 Å². The Morgan fingerprint density at radius 3 is 2.75 bits per heavy atom. The molecule has 2 rings (SSSR count). The van der Waals surface area contributed by atoms with Crippen molar-refractivity contribution >= 4 is 11.6 Å². The number of nitrogens with zero attached hydrogens (tertiary/aromatic N) is 1. The van der Waals surface area contributed by atoms with Crippen molar-refractivity contribution < 1.29 is 5.11 Å². The monoisotopic (exact) mass is 233 g/mol. The van der Waals surface area contributed by atoms with Gasteiger partial charge in [0, 0.05) is 23.3 Å². The van der Waals surface area contributed by atoms with Crippen LogP contribution < -0.4 is 0 Å². The maximum Gasteiger partial charge on any atom is 0.0845 e. The van der Waals surface area contributed by atoms with Gasteiger partial charge in [-0.1, -0.05) is 29.8 Å². The summed E-state index contributed by atoms with van der Waals surface area (Å²) in [6.07, 6.45) is 1.66. The predicted molar refractivity (Wildman–Crippen MR) is 64.4 cm³/mol. The summed E-state index contributed by atoms with van der Waals surface area (Å²) in [5, 5.41) is 10.6. The van der Waals surface area contributed by atoms with Gasteiger partial charge in [0.05, 0.1) is 6.10 Å². The van der Waals surface area contributed by atoms with Crippen molar-refractivity contribution in [3.05, 3.63) is 64.9 Å². The van der Waals surface area contributed by atoms with Crippen molar-refractivity contribution in [2.24, 2.45) is 0 Å². The fourth-order valence-electron chi connectivity index (χ4n) is 1.55. The van der Waals surface area contributed by atoms with Crippen LogP contribution in [0.3, 0.4) is 0 Å². The summed E-state index contributed by atoms with van der Waals surface area (Å²) >= 11 is 5.87. The molecule has 0 radical (unpaired) electrons. The van der Waals surface area contributed by atoms with Crippen LogP contribution in [0.2, 0.25) is 5.02 Å². The Morgan fingerprint density at radius 2 is 2.06 bits per heavy atom. The predicted octanol–water partition coefficient (Wildman–Crippen LogP) is 3.01. The van der Waals surface area contributed by atoms with E-state index in [1.165, 1.54) is 0 Å². The van der Waals surface area contributed by atoms with Crippen molar-refractivity contribution in [2.45, 2.75) is 12.5 Å². The molecule has 1 aromatic carbocycles. The van der Waals surface area contributed by atoms with Gasteiger partial charge in [0.1, 0.15) is 0 Å². The normalized spacial score (nSPS) is 12.4. The van der Waals surface area contributed by atoms with Crippen LogP contribution in [0.1, 0.15) is 17.4 Å². The topological polar surface area (TPSA) is 33.1 Å². The summed E-state index contributed by atoms with van der Waals surface area (Å²) in [5.74, 6) is 0. The minimum atomic E-state index is -0.561. The van der Waals surface area contributed by atoms with E-state index < -0.39 is 6.10 Å². The number of benzene rings is 1. The van der Waals surface area contributed by atoms with Crippen LogP contribution in [-0.4, -0.2) is 10.1 Å². The third-order valence-electron chi connectivity index (χ3n) is 2.36. The van der Waals surface area contributed by atoms with Gasteiger partial charge in [0.15, 0.2) is 0 Å². The summed E-state index contributed by atoms with van der Waals surface area (Å²) in [5.41, 5.74) is 1.69. The Balaban J connectivity index is 2.12. The molecule has 1 aromatic heterocycles. The second-order valence-corrected chi connectivity index (χ2v) is 4.03. The zero-order valence-corrected chi connectivity index (χ0v) is 9.43. The van der Waals surface area contributed by atoms with Gasteiger partial charge in [-0.25, -0.2) is 0 Å². The Labute approximate surface area is 99.5 Å². The van der Waals surface area contributed by atoms with E-state index >= 15 is 0 Å². The van der Waals surface area contributed by atoms with Crippen LogP contribution >= 0.6 is 11.6 Å². The fourth-order valence-corrected chi connectivity index (χ4v) is 1.75. The number of aliphatic hydroxyl groups excluding tert-OH is 1. The van der Waals surface area contributed by atoms with E-state index in [1.54, 1.807) is 18.3 Å². The second-order valence-electron chi connectivity index (χ2n) is 3.60. The molecule has 0 bridgehead atoms. The molecule has 1 atom stereocenters. The van der Waals surface area contributed by atoms with Gasteiger partial charge in [-0.15, -0.1) is 0 Å². The maximum absolute atomic E-state index is 10.00. The lowest BCUT2D eigenvalue weighted by Gasteiger charge is -2.10. The highest BCUT2D eigenvalue weighted by atomic mass is 35.5. The molecular weight excluding hydrogens is 222 g/mol. The molecule has 0 aliphatic rings. The van der Waals surface area contributed by atoms with E-state index in [1.807, 2.05) is 30.3 Å². The zero-order valence-electron chi connectivity index (χ0n) is 8.68. The molecule has 0 saturated carbocycles. The first-order valence-corrected chi connectivity index (χ1v) is 5.47. The van der Waals surface area contributed by atoms with Crippen molar-refractivity contribution in [3.63, 3.8) is 0 Å². The quantitative estimate of drug-likeness (QED) is 0.884. The molecule has 0 amide bonds. The average Bonchev–Trinajstić information content (AvgIpc) is 2.30. The molecule has 1 N–H and O–H groups in total. The SMILES string of the molecule is OC(Cc1ccccn1)c1cccc(Cl)c1. The average molecular weight is 234 g/mol. The number of aliphatic hydroxyl groups is 1. The van der Waals surface area contributed by atoms with E-state index in [2.05, 4.69) is 4.98 Å². The van der Waals surface area contributed by atoms with Crippen LogP contribution in [0.15, 0.2) is 48.7 Å². The van der Waals surface area contributed by atoms with Gasteiger partial charge in [0.2, 0.25) is 0 Å². The number of rotatable bonds is 3. The molecule has 2 aromatic rings. The Hall–Kier alpha value is -1.38. The van der Waals surface area contributed by atoms with E-state index in [0.29, 0.717) is 11.4 Å². The fraction of sp³-hybridized carbons (Fsp3) is 0.154. The first-order chi connectivity index (χ1) is 7.75. The van der Waals surface area contributed by atoms with E-state index in [9.17, 15) is 5.11 Å². The molecule has 2 nitrogen and oxygen atoms in total. The van der Waals surface area contributed by atoms with Crippen LogP contribution in [0.5, 0.6) is 0 Å². The zero-order chi connectivity index (χ0) is 11.4. The minimum absolute atomic E-state index is 0.501. The highest BCUT2D eigenvalue weighted by Crippen LogP contribution is 2.20. The van der Waals surface area contributed by atoms with Gasteiger partial charge in [0.25, 0.3) is 0 Å². The molecule has 0 saturated heterocycles. The summed E-state index contributed by atoms with van der Waals surface area (Å²) in [6.45, 7) is 0. The van der Waals surface area contributed by atoms with Crippen LogP contribution in [0.25, 0.3) is 0 Å². The molecule has 0 aliphatic carbocycles. The smallest absolute Gasteiger partial charge is 0.0845 e. The van der Waals surface area contributed by atoms with Gasteiger partial charge >= 0.3 is 0 Å². The van der Waals surface area contributed by atoms with E-state index in [4.69, 9.17) is 11.6 Å². The number of hydrogen-bond acceptors (Lipinski definition) is 2. The molecule has 0 aliphatic heterocycles. The van der Waals surface area contributed by atoms with E-state index in [-0.39, 0.29) is 0 Å². The number of hydrogen-bond donors (Lipinski definition) is 1. The lowest BCUT2D eigenvalue weighted by molar-refractivity contribution is 0.177. The first kappa shape index (κ1) is 11.1. The maximum atomic E-state index is 10.00. The molecule has 16 heavy (non-hydrogen) atoms. The molecule has 82 valence electrons. The molecule has 1 heterocycles. The standard InChI is InChI=1S/C13H12ClNO/c14-11-5-3-4-10(8-11)13(16)9-12-6-1-2-7-15-12/h1-8,13,16H,9H2. The third-order valence-corrected chi connectivity index (χ3v) is 2.60. The summed E-state index contributed by atoms with van der Waals surface area (Å²) in [7, 11) is 0. The van der Waals surface area contributed by atoms with Gasteiger partial charge in [-0.2, -0.15) is 0 Å². The largest absolute Gasteiger partial charge is 0.388 e. The lowest BCUT2D eigenvalue weighted by Crippen LogP contribution is -2.02. The first-order valence-electron chi connectivity index (χ1n) is 5.09. The highest BCUT2D eigenvalue weighted by Gasteiger charge is 2.09. The molecule has 1 unspecified atom stereocenters. The number of halogens is 1. The lowest BCUT2D eigenvalue weighted by atomic mass is 10.0. The van der Waals surface area contributed by atoms with Crippen LogP contribution in [0, 0.1) is 0 Å². The molecule has 0 spiro atoms. The Bertz CT molecular complexity index is 458. The number of pyridine rings is 1. The van der Waals surface area contributed by atoms with Gasteiger partial charge in [-0.3, -0.25) is 4.98 Å². The minimum Gasteiger partial charge on any atom is -0.388 e. The van der Waals surface area contributed by atoms with E-state index in [0.717, 1.165) is 11.3 Å². The summed E-state index contributed by atoms with van der Waals surface area (Å²) in [6, 6.07) is 12.9. The van der Waals surface area contributed by atoms with Crippen LogP contribution in [-0.2, 0) is 6.42 Å². The molecular formula is C13H12ClNO. The van der Waals surface area contributed by atoms with Gasteiger partial charge < -0.3 is 5.11 Å². The molecule has 0 fully saturated rings. The van der Waals surface area contributed by atoms with Crippen LogP contribution in [0.4, 0.5) is 0 Å². The summed E-state index contributed by atoms with van der Waals surface area (Å²) < 4.78 is 0. The third kappa shape index (κ3) is 2.81. The van der Waals surface area contributed by atoms with Gasteiger partial charge in [-0.05, 0) is 29.8 Å². The Morgan fingerprint density at radius 1 is 1.19 bits per heavy atom.